The predicted molar refractivity (Wildman–Crippen MR) is 79.7 cm³/mol. The van der Waals surface area contributed by atoms with Crippen molar-refractivity contribution >= 4 is 45.1 Å². The maximum Gasteiger partial charge on any atom is 0.339 e. The van der Waals surface area contributed by atoms with Crippen LogP contribution in [0.2, 0.25) is 10.0 Å². The average molecular weight is 360 g/mol. The van der Waals surface area contributed by atoms with Gasteiger partial charge in [0.1, 0.15) is 6.61 Å². The first kappa shape index (κ1) is 14.4. The molecular formula is C14H9BrCl2O2. The number of rotatable bonds is 3. The van der Waals surface area contributed by atoms with Gasteiger partial charge in [-0.05, 0) is 40.2 Å². The lowest BCUT2D eigenvalue weighted by atomic mass is 10.2. The van der Waals surface area contributed by atoms with Crippen molar-refractivity contribution in [2.45, 2.75) is 6.61 Å². The van der Waals surface area contributed by atoms with Gasteiger partial charge in [0, 0.05) is 20.1 Å². The van der Waals surface area contributed by atoms with Crippen LogP contribution in [0.25, 0.3) is 0 Å². The molecule has 5 heteroatoms. The lowest BCUT2D eigenvalue weighted by molar-refractivity contribution is 0.0472. The van der Waals surface area contributed by atoms with Gasteiger partial charge in [0.2, 0.25) is 0 Å². The van der Waals surface area contributed by atoms with E-state index >= 15 is 0 Å². The summed E-state index contributed by atoms with van der Waals surface area (Å²) in [6, 6.07) is 12.2. The molecule has 0 amide bonds. The quantitative estimate of drug-likeness (QED) is 0.711. The van der Waals surface area contributed by atoms with E-state index in [1.165, 1.54) is 0 Å². The van der Waals surface area contributed by atoms with Crippen LogP contribution in [-0.2, 0) is 11.3 Å². The first-order valence-electron chi connectivity index (χ1n) is 5.44. The van der Waals surface area contributed by atoms with Crippen LogP contribution in [-0.4, -0.2) is 5.97 Å². The Hall–Kier alpha value is -1.03. The van der Waals surface area contributed by atoms with Crippen LogP contribution in [0.15, 0.2) is 46.9 Å². The van der Waals surface area contributed by atoms with E-state index in [9.17, 15) is 4.79 Å². The molecule has 0 heterocycles. The summed E-state index contributed by atoms with van der Waals surface area (Å²) in [6.45, 7) is 0.0404. The molecule has 0 aliphatic heterocycles. The van der Waals surface area contributed by atoms with Gasteiger partial charge in [-0.1, -0.05) is 41.4 Å². The van der Waals surface area contributed by atoms with Gasteiger partial charge in [0.05, 0.1) is 5.56 Å². The molecule has 0 bridgehead atoms. The number of halogens is 3. The molecule has 0 aromatic heterocycles. The van der Waals surface area contributed by atoms with Crippen LogP contribution in [0.4, 0.5) is 0 Å². The van der Waals surface area contributed by atoms with E-state index in [1.54, 1.807) is 36.4 Å². The highest BCUT2D eigenvalue weighted by Gasteiger charge is 2.13. The Kier molecular flexibility index (Phi) is 4.86. The minimum atomic E-state index is -0.427. The number of hydrogen-bond donors (Lipinski definition) is 0. The van der Waals surface area contributed by atoms with Gasteiger partial charge in [-0.25, -0.2) is 4.79 Å². The Labute approximate surface area is 129 Å². The second-order valence-corrected chi connectivity index (χ2v) is 5.42. The summed E-state index contributed by atoms with van der Waals surface area (Å²) in [5.41, 5.74) is 1.07. The summed E-state index contributed by atoms with van der Waals surface area (Å²) in [7, 11) is 0. The van der Waals surface area contributed by atoms with Gasteiger partial charge in [-0.15, -0.1) is 0 Å². The normalized spacial score (nSPS) is 10.3. The number of ether oxygens (including phenoxy) is 1. The zero-order valence-electron chi connectivity index (χ0n) is 9.70. The van der Waals surface area contributed by atoms with E-state index in [4.69, 9.17) is 27.9 Å². The van der Waals surface area contributed by atoms with Crippen molar-refractivity contribution in [3.63, 3.8) is 0 Å². The Bertz CT molecular complexity index is 594. The number of hydrogen-bond acceptors (Lipinski definition) is 2. The Morgan fingerprint density at radius 3 is 2.32 bits per heavy atom. The summed E-state index contributed by atoms with van der Waals surface area (Å²) in [5, 5.41) is 0.958. The second-order valence-electron chi connectivity index (χ2n) is 3.76. The van der Waals surface area contributed by atoms with E-state index in [1.807, 2.05) is 6.07 Å². The Morgan fingerprint density at radius 1 is 1.05 bits per heavy atom. The molecule has 0 atom stereocenters. The summed E-state index contributed by atoms with van der Waals surface area (Å²) in [5.74, 6) is -0.427. The lowest BCUT2D eigenvalue weighted by Gasteiger charge is -2.09. The van der Waals surface area contributed by atoms with Crippen molar-refractivity contribution in [2.75, 3.05) is 0 Å². The number of esters is 1. The van der Waals surface area contributed by atoms with Crippen LogP contribution < -0.4 is 0 Å². The van der Waals surface area contributed by atoms with Crippen LogP contribution in [0, 0.1) is 0 Å². The fraction of sp³-hybridized carbons (Fsp3) is 0.0714. The number of carbonyl (C=O) groups is 1. The summed E-state index contributed by atoms with van der Waals surface area (Å²) in [6.07, 6.45) is 0. The van der Waals surface area contributed by atoms with Crippen molar-refractivity contribution < 1.29 is 9.53 Å². The second kappa shape index (κ2) is 6.42. The van der Waals surface area contributed by atoms with Crippen molar-refractivity contribution in [3.8, 4) is 0 Å². The van der Waals surface area contributed by atoms with Crippen molar-refractivity contribution in [1.82, 2.24) is 0 Å². The highest BCUT2D eigenvalue weighted by Crippen LogP contribution is 2.25. The molecular weight excluding hydrogens is 351 g/mol. The summed E-state index contributed by atoms with van der Waals surface area (Å²) < 4.78 is 5.90. The molecule has 0 unspecified atom stereocenters. The third-order valence-corrected chi connectivity index (χ3v) is 3.90. The Morgan fingerprint density at radius 2 is 1.68 bits per heavy atom. The topological polar surface area (TPSA) is 26.3 Å². The largest absolute Gasteiger partial charge is 0.457 e. The van der Waals surface area contributed by atoms with E-state index in [0.717, 1.165) is 0 Å². The van der Waals surface area contributed by atoms with Gasteiger partial charge >= 0.3 is 5.97 Å². The third kappa shape index (κ3) is 3.50. The zero-order valence-corrected chi connectivity index (χ0v) is 12.8. The van der Waals surface area contributed by atoms with Crippen LogP contribution >= 0.6 is 39.1 Å². The standard InChI is InChI=1S/C14H9BrCl2O2/c15-11-5-2-1-4-9(11)14(18)19-8-10-12(16)6-3-7-13(10)17/h1-7H,8H2. The molecule has 2 rings (SSSR count). The fourth-order valence-corrected chi connectivity index (χ4v) is 2.47. The smallest absolute Gasteiger partial charge is 0.339 e. The van der Waals surface area contributed by atoms with Crippen molar-refractivity contribution in [1.29, 1.82) is 0 Å². The number of carbonyl (C=O) groups excluding carboxylic acids is 1. The SMILES string of the molecule is O=C(OCc1c(Cl)cccc1Cl)c1ccccc1Br. The van der Waals surface area contributed by atoms with Gasteiger partial charge in [-0.3, -0.25) is 0 Å². The summed E-state index contributed by atoms with van der Waals surface area (Å²) >= 11 is 15.3. The first-order chi connectivity index (χ1) is 9.09. The minimum Gasteiger partial charge on any atom is -0.457 e. The Balaban J connectivity index is 2.11. The monoisotopic (exact) mass is 358 g/mol. The zero-order chi connectivity index (χ0) is 13.8. The van der Waals surface area contributed by atoms with Crippen LogP contribution in [0.1, 0.15) is 15.9 Å². The van der Waals surface area contributed by atoms with E-state index < -0.39 is 5.97 Å². The molecule has 0 saturated carbocycles. The molecule has 0 radical (unpaired) electrons. The highest BCUT2D eigenvalue weighted by atomic mass is 79.9. The molecule has 2 aromatic carbocycles. The molecule has 2 nitrogen and oxygen atoms in total. The minimum absolute atomic E-state index is 0.0404. The average Bonchev–Trinajstić information content (AvgIpc) is 2.38. The van der Waals surface area contributed by atoms with Gasteiger partial charge in [0.15, 0.2) is 0 Å². The van der Waals surface area contributed by atoms with Gasteiger partial charge < -0.3 is 4.74 Å². The predicted octanol–water partition coefficient (Wildman–Crippen LogP) is 5.11. The third-order valence-electron chi connectivity index (χ3n) is 2.50. The molecule has 0 fully saturated rings. The maximum absolute atomic E-state index is 11.9. The van der Waals surface area contributed by atoms with Gasteiger partial charge in [0.25, 0.3) is 0 Å². The van der Waals surface area contributed by atoms with E-state index in [-0.39, 0.29) is 6.61 Å². The molecule has 0 aliphatic carbocycles. The van der Waals surface area contributed by atoms with Crippen molar-refractivity contribution in [3.05, 3.63) is 68.1 Å². The van der Waals surface area contributed by atoms with E-state index in [2.05, 4.69) is 15.9 Å². The first-order valence-corrected chi connectivity index (χ1v) is 6.99. The molecule has 19 heavy (non-hydrogen) atoms. The summed E-state index contributed by atoms with van der Waals surface area (Å²) in [4.78, 5) is 11.9. The molecule has 0 saturated heterocycles. The molecule has 0 spiro atoms. The van der Waals surface area contributed by atoms with Crippen LogP contribution in [0.5, 0.6) is 0 Å². The fourth-order valence-electron chi connectivity index (χ4n) is 1.51. The molecule has 98 valence electrons. The number of benzene rings is 2. The maximum atomic E-state index is 11.9. The highest BCUT2D eigenvalue weighted by molar-refractivity contribution is 9.10. The molecule has 0 N–H and O–H groups in total. The van der Waals surface area contributed by atoms with E-state index in [0.29, 0.717) is 25.6 Å². The molecule has 0 aliphatic rings. The van der Waals surface area contributed by atoms with Gasteiger partial charge in [-0.2, -0.15) is 0 Å². The van der Waals surface area contributed by atoms with Crippen molar-refractivity contribution in [2.24, 2.45) is 0 Å². The lowest BCUT2D eigenvalue weighted by Crippen LogP contribution is -2.06. The molecule has 2 aromatic rings. The van der Waals surface area contributed by atoms with Crippen LogP contribution in [0.3, 0.4) is 0 Å².